The number of fused-ring (bicyclic) bond motifs is 1. The number of pyridine rings is 1. The molecule has 0 saturated carbocycles. The number of benzene rings is 1. The Labute approximate surface area is 191 Å². The quantitative estimate of drug-likeness (QED) is 0.278. The van der Waals surface area contributed by atoms with Gasteiger partial charge in [0.05, 0.1) is 0 Å². The molecule has 2 heterocycles. The molecule has 0 spiro atoms. The van der Waals surface area contributed by atoms with Gasteiger partial charge in [-0.1, -0.05) is 42.3 Å². The van der Waals surface area contributed by atoms with Crippen molar-refractivity contribution in [2.24, 2.45) is 4.99 Å². The van der Waals surface area contributed by atoms with E-state index in [-0.39, 0.29) is 29.9 Å². The van der Waals surface area contributed by atoms with Crippen molar-refractivity contribution in [3.63, 3.8) is 0 Å². The van der Waals surface area contributed by atoms with Gasteiger partial charge in [-0.2, -0.15) is 0 Å². The lowest BCUT2D eigenvalue weighted by atomic mass is 10.0. The minimum atomic E-state index is 0. The molecule has 3 aromatic rings. The molecule has 9 heteroatoms. The Morgan fingerprint density at radius 1 is 1.11 bits per heavy atom. The maximum Gasteiger partial charge on any atom is 0.191 e. The van der Waals surface area contributed by atoms with Crippen LogP contribution < -0.4 is 10.6 Å². The van der Waals surface area contributed by atoms with E-state index in [1.54, 1.807) is 0 Å². The molecular formula is C19H23Cl2IN6. The number of hydrogen-bond acceptors (Lipinski definition) is 3. The predicted molar refractivity (Wildman–Crippen MR) is 126 cm³/mol. The van der Waals surface area contributed by atoms with Gasteiger partial charge in [-0.25, -0.2) is 4.99 Å². The predicted octanol–water partition coefficient (Wildman–Crippen LogP) is 4.51. The van der Waals surface area contributed by atoms with Gasteiger partial charge in [0.15, 0.2) is 17.4 Å². The lowest BCUT2D eigenvalue weighted by Crippen LogP contribution is -2.39. The number of nitrogens with one attached hydrogen (secondary N) is 2. The van der Waals surface area contributed by atoms with Gasteiger partial charge in [0.2, 0.25) is 0 Å². The van der Waals surface area contributed by atoms with Crippen LogP contribution in [0.25, 0.3) is 5.65 Å². The summed E-state index contributed by atoms with van der Waals surface area (Å²) in [5, 5.41) is 16.3. The van der Waals surface area contributed by atoms with Crippen molar-refractivity contribution in [3.8, 4) is 0 Å². The van der Waals surface area contributed by atoms with Crippen molar-refractivity contribution in [1.82, 2.24) is 25.2 Å². The van der Waals surface area contributed by atoms with E-state index in [0.717, 1.165) is 23.6 Å². The summed E-state index contributed by atoms with van der Waals surface area (Å²) in [4.78, 5) is 4.62. The molecule has 2 N–H and O–H groups in total. The van der Waals surface area contributed by atoms with Crippen molar-refractivity contribution in [2.45, 2.75) is 26.3 Å². The Balaban J connectivity index is 0.00000280. The highest BCUT2D eigenvalue weighted by molar-refractivity contribution is 14.0. The van der Waals surface area contributed by atoms with E-state index < -0.39 is 0 Å². The largest absolute Gasteiger partial charge is 0.357 e. The summed E-state index contributed by atoms with van der Waals surface area (Å²) in [6.45, 7) is 5.93. The first-order chi connectivity index (χ1) is 13.1. The van der Waals surface area contributed by atoms with Crippen LogP contribution in [-0.2, 0) is 6.54 Å². The van der Waals surface area contributed by atoms with Gasteiger partial charge >= 0.3 is 0 Å². The summed E-state index contributed by atoms with van der Waals surface area (Å²) in [7, 11) is 0. The Morgan fingerprint density at radius 3 is 2.57 bits per heavy atom. The molecule has 6 nitrogen and oxygen atoms in total. The second-order valence-corrected chi connectivity index (χ2v) is 6.97. The zero-order valence-corrected chi connectivity index (χ0v) is 19.5. The van der Waals surface area contributed by atoms with Crippen LogP contribution in [-0.4, -0.2) is 33.6 Å². The maximum atomic E-state index is 6.31. The van der Waals surface area contributed by atoms with E-state index >= 15 is 0 Å². The van der Waals surface area contributed by atoms with Gasteiger partial charge in [-0.05, 0) is 36.8 Å². The molecule has 0 fully saturated rings. The molecule has 0 saturated heterocycles. The van der Waals surface area contributed by atoms with Crippen LogP contribution in [0.3, 0.4) is 0 Å². The SMILES string of the molecule is CCNC(=NCc1nnc2ccccn12)NCC(C)c1c(Cl)cccc1Cl.I. The number of rotatable bonds is 6. The van der Waals surface area contributed by atoms with E-state index in [1.165, 1.54) is 0 Å². The summed E-state index contributed by atoms with van der Waals surface area (Å²) in [6.07, 6.45) is 1.93. The third-order valence-electron chi connectivity index (χ3n) is 4.18. The number of halogens is 3. The van der Waals surface area contributed by atoms with Crippen molar-refractivity contribution in [1.29, 1.82) is 0 Å². The average molecular weight is 533 g/mol. The second kappa shape index (κ2) is 10.8. The molecular weight excluding hydrogens is 510 g/mol. The number of aliphatic imine (C=N–C) groups is 1. The molecule has 1 atom stereocenters. The highest BCUT2D eigenvalue weighted by Gasteiger charge is 2.14. The van der Waals surface area contributed by atoms with Crippen molar-refractivity contribution >= 4 is 58.8 Å². The fourth-order valence-electron chi connectivity index (χ4n) is 2.82. The van der Waals surface area contributed by atoms with Crippen LogP contribution in [0.15, 0.2) is 47.6 Å². The van der Waals surface area contributed by atoms with Crippen LogP contribution in [0.2, 0.25) is 10.0 Å². The van der Waals surface area contributed by atoms with Crippen molar-refractivity contribution in [3.05, 3.63) is 64.0 Å². The first kappa shape index (κ1) is 22.7. The van der Waals surface area contributed by atoms with Gasteiger partial charge in [-0.3, -0.25) is 4.40 Å². The van der Waals surface area contributed by atoms with Crippen LogP contribution in [0.4, 0.5) is 0 Å². The molecule has 0 aliphatic carbocycles. The van der Waals surface area contributed by atoms with Crippen LogP contribution in [0, 0.1) is 0 Å². The molecule has 0 aliphatic heterocycles. The summed E-state index contributed by atoms with van der Waals surface area (Å²) >= 11 is 12.6. The molecule has 3 rings (SSSR count). The summed E-state index contributed by atoms with van der Waals surface area (Å²) in [6, 6.07) is 11.4. The van der Waals surface area contributed by atoms with Crippen molar-refractivity contribution in [2.75, 3.05) is 13.1 Å². The third-order valence-corrected chi connectivity index (χ3v) is 4.83. The first-order valence-corrected chi connectivity index (χ1v) is 9.60. The molecule has 1 aromatic carbocycles. The fraction of sp³-hybridized carbons (Fsp3) is 0.316. The Hall–Kier alpha value is -1.58. The Morgan fingerprint density at radius 2 is 1.86 bits per heavy atom. The summed E-state index contributed by atoms with van der Waals surface area (Å²) in [5.74, 6) is 1.62. The Kier molecular flexibility index (Phi) is 8.78. The van der Waals surface area contributed by atoms with E-state index in [1.807, 2.05) is 53.9 Å². The van der Waals surface area contributed by atoms with E-state index in [2.05, 4.69) is 32.7 Å². The molecule has 150 valence electrons. The maximum absolute atomic E-state index is 6.31. The smallest absolute Gasteiger partial charge is 0.191 e. The Bertz CT molecular complexity index is 923. The molecule has 2 aromatic heterocycles. The van der Waals surface area contributed by atoms with Gasteiger partial charge in [0.1, 0.15) is 6.54 Å². The third kappa shape index (κ3) is 5.48. The summed E-state index contributed by atoms with van der Waals surface area (Å²) in [5.41, 5.74) is 1.75. The molecule has 0 aliphatic rings. The minimum absolute atomic E-state index is 0. The topological polar surface area (TPSA) is 66.6 Å². The highest BCUT2D eigenvalue weighted by Crippen LogP contribution is 2.30. The first-order valence-electron chi connectivity index (χ1n) is 8.85. The molecule has 0 radical (unpaired) electrons. The molecule has 0 bridgehead atoms. The standard InChI is InChI=1S/C19H22Cl2N6.HI/c1-3-22-19(23-11-13(2)18-14(20)7-6-8-15(18)21)24-12-17-26-25-16-9-4-5-10-27(16)17;/h4-10,13H,3,11-12H2,1-2H3,(H2,22,23,24);1H. The van der Waals surface area contributed by atoms with Gasteiger partial charge in [0, 0.05) is 35.2 Å². The molecule has 28 heavy (non-hydrogen) atoms. The van der Waals surface area contributed by atoms with Crippen molar-refractivity contribution < 1.29 is 0 Å². The van der Waals surface area contributed by atoms with E-state index in [9.17, 15) is 0 Å². The molecule has 0 amide bonds. The van der Waals surface area contributed by atoms with Crippen LogP contribution >= 0.6 is 47.2 Å². The number of hydrogen-bond donors (Lipinski definition) is 2. The van der Waals surface area contributed by atoms with Crippen LogP contribution in [0.1, 0.15) is 31.2 Å². The van der Waals surface area contributed by atoms with Gasteiger partial charge < -0.3 is 10.6 Å². The lowest BCUT2D eigenvalue weighted by Gasteiger charge is -2.18. The monoisotopic (exact) mass is 532 g/mol. The summed E-state index contributed by atoms with van der Waals surface area (Å²) < 4.78 is 1.93. The fourth-order valence-corrected chi connectivity index (χ4v) is 3.59. The minimum Gasteiger partial charge on any atom is -0.357 e. The lowest BCUT2D eigenvalue weighted by molar-refractivity contribution is 0.698. The molecule has 1 unspecified atom stereocenters. The average Bonchev–Trinajstić information content (AvgIpc) is 3.07. The normalized spacial score (nSPS) is 12.5. The van der Waals surface area contributed by atoms with E-state index in [4.69, 9.17) is 23.2 Å². The zero-order chi connectivity index (χ0) is 19.2. The van der Waals surface area contributed by atoms with Crippen LogP contribution in [0.5, 0.6) is 0 Å². The van der Waals surface area contributed by atoms with E-state index in [0.29, 0.717) is 29.1 Å². The number of aromatic nitrogens is 3. The number of nitrogens with zero attached hydrogens (tertiary/aromatic N) is 4. The van der Waals surface area contributed by atoms with Gasteiger partial charge in [0.25, 0.3) is 0 Å². The zero-order valence-electron chi connectivity index (χ0n) is 15.7. The number of guanidine groups is 1. The second-order valence-electron chi connectivity index (χ2n) is 6.16. The van der Waals surface area contributed by atoms with Gasteiger partial charge in [-0.15, -0.1) is 34.2 Å². The highest BCUT2D eigenvalue weighted by atomic mass is 127.